The standard InChI is InChI=1S/C31H26Cl2N2O5/c1-18(2)39-15-5-14-35-29(37)28-26(27(36)22-16-21(33)12-13-25(22)40-28)31(35)23-6-3-4-7-24(23)34(30(31)38)17-19-8-10-20(32)11-9-19/h3-4,6-13,16,18H,5,14-15,17H2,1-2H3. The molecule has 4 aromatic rings. The molecular formula is C31H26Cl2N2O5. The number of benzene rings is 3. The zero-order chi connectivity index (χ0) is 28.2. The van der Waals surface area contributed by atoms with Crippen LogP contribution in [0.15, 0.2) is 75.9 Å². The van der Waals surface area contributed by atoms with Gasteiger partial charge in [-0.2, -0.15) is 0 Å². The molecule has 1 atom stereocenters. The number of anilines is 1. The van der Waals surface area contributed by atoms with Crippen LogP contribution in [-0.2, 0) is 21.6 Å². The van der Waals surface area contributed by atoms with Gasteiger partial charge in [-0.1, -0.05) is 53.5 Å². The summed E-state index contributed by atoms with van der Waals surface area (Å²) < 4.78 is 11.8. The van der Waals surface area contributed by atoms with Crippen LogP contribution in [0, 0.1) is 0 Å². The van der Waals surface area contributed by atoms with Crippen molar-refractivity contribution in [3.05, 3.63) is 109 Å². The van der Waals surface area contributed by atoms with Crippen LogP contribution in [0.25, 0.3) is 11.0 Å². The number of hydrogen-bond acceptors (Lipinski definition) is 5. The van der Waals surface area contributed by atoms with E-state index in [9.17, 15) is 14.4 Å². The van der Waals surface area contributed by atoms with Crippen LogP contribution in [0.2, 0.25) is 10.0 Å². The zero-order valence-corrected chi connectivity index (χ0v) is 23.5. The number of halogens is 2. The molecule has 1 unspecified atom stereocenters. The minimum atomic E-state index is -1.69. The molecule has 0 radical (unpaired) electrons. The Kier molecular flexibility index (Phi) is 6.69. The van der Waals surface area contributed by atoms with E-state index in [1.165, 1.54) is 11.0 Å². The van der Waals surface area contributed by atoms with Crippen molar-refractivity contribution in [1.82, 2.24) is 4.90 Å². The smallest absolute Gasteiger partial charge is 0.291 e. The minimum Gasteiger partial charge on any atom is -0.450 e. The SMILES string of the molecule is CC(C)OCCCN1C(=O)c2oc3ccc(Cl)cc3c(=O)c2C12C(=O)N(Cc1ccc(Cl)cc1)c1ccccc12. The summed E-state index contributed by atoms with van der Waals surface area (Å²) in [5.41, 5.74) is 0.140. The van der Waals surface area contributed by atoms with Crippen molar-refractivity contribution < 1.29 is 18.7 Å². The van der Waals surface area contributed by atoms with Gasteiger partial charge >= 0.3 is 0 Å². The number of nitrogens with zero attached hydrogens (tertiary/aromatic N) is 2. The molecule has 0 saturated carbocycles. The van der Waals surface area contributed by atoms with Crippen LogP contribution in [0.1, 0.15) is 47.5 Å². The fourth-order valence-corrected chi connectivity index (χ4v) is 6.03. The fraction of sp³-hybridized carbons (Fsp3) is 0.258. The number of carbonyl (C=O) groups excluding carboxylic acids is 2. The summed E-state index contributed by atoms with van der Waals surface area (Å²) in [5, 5.41) is 1.15. The van der Waals surface area contributed by atoms with Gasteiger partial charge in [0.1, 0.15) is 5.58 Å². The Hall–Kier alpha value is -3.65. The Balaban J connectivity index is 1.57. The molecule has 0 saturated heterocycles. The van der Waals surface area contributed by atoms with E-state index < -0.39 is 22.8 Å². The minimum absolute atomic E-state index is 0.0161. The van der Waals surface area contributed by atoms with Crippen molar-refractivity contribution in [3.8, 4) is 0 Å². The lowest BCUT2D eigenvalue weighted by Gasteiger charge is -2.34. The average Bonchev–Trinajstić information content (AvgIpc) is 3.32. The first-order valence-corrected chi connectivity index (χ1v) is 13.9. The largest absolute Gasteiger partial charge is 0.450 e. The molecule has 9 heteroatoms. The topological polar surface area (TPSA) is 80.1 Å². The molecule has 1 aromatic heterocycles. The lowest BCUT2D eigenvalue weighted by atomic mass is 9.84. The van der Waals surface area contributed by atoms with E-state index in [1.54, 1.807) is 35.2 Å². The molecular weight excluding hydrogens is 551 g/mol. The fourth-order valence-electron chi connectivity index (χ4n) is 5.73. The van der Waals surface area contributed by atoms with Crippen molar-refractivity contribution in [1.29, 1.82) is 0 Å². The molecule has 2 aliphatic heterocycles. The Morgan fingerprint density at radius 3 is 2.42 bits per heavy atom. The highest BCUT2D eigenvalue weighted by Gasteiger charge is 2.64. The number of ether oxygens (including phenoxy) is 1. The molecule has 2 aliphatic rings. The van der Waals surface area contributed by atoms with Gasteiger partial charge in [-0.25, -0.2) is 0 Å². The summed E-state index contributed by atoms with van der Waals surface area (Å²) in [6, 6.07) is 19.2. The van der Waals surface area contributed by atoms with E-state index in [2.05, 4.69) is 0 Å². The van der Waals surface area contributed by atoms with Crippen LogP contribution in [-0.4, -0.2) is 36.0 Å². The first-order chi connectivity index (χ1) is 19.2. The third kappa shape index (κ3) is 4.03. The van der Waals surface area contributed by atoms with Crippen LogP contribution < -0.4 is 10.3 Å². The van der Waals surface area contributed by atoms with Crippen LogP contribution in [0.5, 0.6) is 0 Å². The van der Waals surface area contributed by atoms with Gasteiger partial charge in [0, 0.05) is 28.8 Å². The second kappa shape index (κ2) is 10.1. The summed E-state index contributed by atoms with van der Waals surface area (Å²) in [4.78, 5) is 46.1. The maximum atomic E-state index is 14.7. The van der Waals surface area contributed by atoms with Crippen LogP contribution in [0.4, 0.5) is 5.69 Å². The highest BCUT2D eigenvalue weighted by Crippen LogP contribution is 2.53. The van der Waals surface area contributed by atoms with Crippen molar-refractivity contribution in [2.75, 3.05) is 18.1 Å². The highest BCUT2D eigenvalue weighted by atomic mass is 35.5. The molecule has 40 heavy (non-hydrogen) atoms. The van der Waals surface area contributed by atoms with Crippen molar-refractivity contribution in [2.45, 2.75) is 38.5 Å². The first-order valence-electron chi connectivity index (χ1n) is 13.1. The number of para-hydroxylation sites is 1. The summed E-state index contributed by atoms with van der Waals surface area (Å²) in [5.74, 6) is -1.03. The zero-order valence-electron chi connectivity index (χ0n) is 21.9. The summed E-state index contributed by atoms with van der Waals surface area (Å²) >= 11 is 12.3. The lowest BCUT2D eigenvalue weighted by Crippen LogP contribution is -2.53. The van der Waals surface area contributed by atoms with Gasteiger partial charge in [0.25, 0.3) is 11.8 Å². The van der Waals surface area contributed by atoms with Crippen molar-refractivity contribution >= 4 is 51.7 Å². The van der Waals surface area contributed by atoms with E-state index in [-0.39, 0.29) is 41.5 Å². The van der Waals surface area contributed by atoms with E-state index in [0.717, 1.165) is 5.56 Å². The van der Waals surface area contributed by atoms with Crippen molar-refractivity contribution in [2.24, 2.45) is 0 Å². The summed E-state index contributed by atoms with van der Waals surface area (Å²) in [6.45, 7) is 4.66. The molecule has 3 aromatic carbocycles. The van der Waals surface area contributed by atoms with Crippen molar-refractivity contribution in [3.63, 3.8) is 0 Å². The first kappa shape index (κ1) is 26.6. The van der Waals surface area contributed by atoms with Gasteiger partial charge < -0.3 is 19.0 Å². The van der Waals surface area contributed by atoms with Gasteiger partial charge in [-0.3, -0.25) is 14.4 Å². The Morgan fingerprint density at radius 1 is 0.950 bits per heavy atom. The van der Waals surface area contributed by atoms with Gasteiger partial charge in [0.05, 0.1) is 29.3 Å². The summed E-state index contributed by atoms with van der Waals surface area (Å²) in [6.07, 6.45) is 0.480. The molecule has 204 valence electrons. The molecule has 0 aliphatic carbocycles. The third-order valence-corrected chi connectivity index (χ3v) is 7.92. The molecule has 2 amide bonds. The number of hydrogen-bond donors (Lipinski definition) is 0. The quantitative estimate of drug-likeness (QED) is 0.246. The molecule has 0 N–H and O–H groups in total. The van der Waals surface area contributed by atoms with E-state index in [4.69, 9.17) is 32.4 Å². The van der Waals surface area contributed by atoms with E-state index >= 15 is 0 Å². The number of carbonyl (C=O) groups is 2. The number of fused-ring (bicyclic) bond motifs is 5. The van der Waals surface area contributed by atoms with Gasteiger partial charge in [-0.15, -0.1) is 0 Å². The molecule has 3 heterocycles. The maximum Gasteiger partial charge on any atom is 0.291 e. The van der Waals surface area contributed by atoms with Crippen LogP contribution >= 0.6 is 23.2 Å². The normalized spacial score (nSPS) is 17.9. The Labute approximate surface area is 240 Å². The highest BCUT2D eigenvalue weighted by molar-refractivity contribution is 6.31. The summed E-state index contributed by atoms with van der Waals surface area (Å²) in [7, 11) is 0. The Bertz CT molecular complexity index is 1720. The molecule has 7 nitrogen and oxygen atoms in total. The van der Waals surface area contributed by atoms with E-state index in [1.807, 2.05) is 44.2 Å². The second-order valence-corrected chi connectivity index (χ2v) is 11.1. The molecule has 0 fully saturated rings. The lowest BCUT2D eigenvalue weighted by molar-refractivity contribution is -0.126. The molecule has 1 spiro atoms. The second-order valence-electron chi connectivity index (χ2n) is 10.3. The van der Waals surface area contributed by atoms with Gasteiger partial charge in [-0.05, 0) is 62.2 Å². The predicted octanol–water partition coefficient (Wildman–Crippen LogP) is 6.16. The molecule has 6 rings (SSSR count). The molecule has 0 bridgehead atoms. The predicted molar refractivity (Wildman–Crippen MR) is 154 cm³/mol. The average molecular weight is 577 g/mol. The van der Waals surface area contributed by atoms with Crippen LogP contribution in [0.3, 0.4) is 0 Å². The number of amides is 2. The number of rotatable bonds is 7. The Morgan fingerprint density at radius 2 is 1.68 bits per heavy atom. The monoisotopic (exact) mass is 576 g/mol. The third-order valence-electron chi connectivity index (χ3n) is 7.43. The van der Waals surface area contributed by atoms with Gasteiger partial charge in [0.2, 0.25) is 5.76 Å². The van der Waals surface area contributed by atoms with E-state index in [0.29, 0.717) is 34.3 Å². The maximum absolute atomic E-state index is 14.7. The van der Waals surface area contributed by atoms with Gasteiger partial charge in [0.15, 0.2) is 11.0 Å².